The van der Waals surface area contributed by atoms with Crippen molar-refractivity contribution in [2.75, 3.05) is 18.4 Å². The van der Waals surface area contributed by atoms with E-state index in [9.17, 15) is 18.0 Å². The molecule has 0 bridgehead atoms. The van der Waals surface area contributed by atoms with Crippen LogP contribution >= 0.6 is 0 Å². The quantitative estimate of drug-likeness (QED) is 0.672. The minimum Gasteiger partial charge on any atom is -0.408 e. The Labute approximate surface area is 174 Å². The number of fused-ring (bicyclic) bond motifs is 1. The first-order valence-electron chi connectivity index (χ1n) is 9.85. The number of sulfonamides is 1. The Kier molecular flexibility index (Phi) is 5.48. The van der Waals surface area contributed by atoms with Crippen molar-refractivity contribution in [1.29, 1.82) is 0 Å². The molecule has 0 atom stereocenters. The van der Waals surface area contributed by atoms with Gasteiger partial charge < -0.3 is 9.73 Å². The highest BCUT2D eigenvalue weighted by Crippen LogP contribution is 2.26. The molecule has 1 N–H and O–H groups in total. The van der Waals surface area contributed by atoms with Gasteiger partial charge in [-0.15, -0.1) is 0 Å². The third kappa shape index (κ3) is 3.90. The number of hydrogen-bond donors (Lipinski definition) is 1. The van der Waals surface area contributed by atoms with Gasteiger partial charge >= 0.3 is 5.76 Å². The number of carbonyl (C=O) groups is 1. The molecule has 158 valence electrons. The van der Waals surface area contributed by atoms with Gasteiger partial charge in [0, 0.05) is 18.8 Å². The lowest BCUT2D eigenvalue weighted by Crippen LogP contribution is -2.36. The van der Waals surface area contributed by atoms with Gasteiger partial charge in [-0.3, -0.25) is 9.36 Å². The van der Waals surface area contributed by atoms with E-state index in [0.29, 0.717) is 35.4 Å². The van der Waals surface area contributed by atoms with Gasteiger partial charge in [-0.1, -0.05) is 24.6 Å². The molecule has 9 heteroatoms. The fraction of sp³-hybridized carbons (Fsp3) is 0.333. The second kappa shape index (κ2) is 8.08. The van der Waals surface area contributed by atoms with E-state index in [0.717, 1.165) is 19.3 Å². The standard InChI is InChI=1S/C21H23N3O5S/c1-15-9-10-16(13-19(15)30(27,28)23-11-5-2-6-12-23)22-20(25)14-24-17-7-3-4-8-18(17)29-21(24)26/h3-4,7-10,13H,2,5-6,11-12,14H2,1H3,(H,22,25). The zero-order valence-electron chi connectivity index (χ0n) is 16.6. The second-order valence-electron chi connectivity index (χ2n) is 7.42. The summed E-state index contributed by atoms with van der Waals surface area (Å²) in [5.41, 5.74) is 1.91. The molecule has 3 aromatic rings. The highest BCUT2D eigenvalue weighted by molar-refractivity contribution is 7.89. The largest absolute Gasteiger partial charge is 0.420 e. The molecular formula is C21H23N3O5S. The Bertz CT molecular complexity index is 1250. The lowest BCUT2D eigenvalue weighted by atomic mass is 10.2. The van der Waals surface area contributed by atoms with E-state index in [4.69, 9.17) is 4.42 Å². The fourth-order valence-electron chi connectivity index (χ4n) is 3.71. The van der Waals surface area contributed by atoms with E-state index in [-0.39, 0.29) is 11.4 Å². The summed E-state index contributed by atoms with van der Waals surface area (Å²) in [7, 11) is -3.62. The number of hydrogen-bond acceptors (Lipinski definition) is 5. The van der Waals surface area contributed by atoms with Crippen LogP contribution in [-0.4, -0.2) is 36.3 Å². The predicted octanol–water partition coefficient (Wildman–Crippen LogP) is 2.72. The molecule has 0 saturated carbocycles. The molecule has 0 spiro atoms. The van der Waals surface area contributed by atoms with Crippen molar-refractivity contribution in [2.24, 2.45) is 0 Å². The van der Waals surface area contributed by atoms with Gasteiger partial charge in [0.2, 0.25) is 15.9 Å². The Morgan fingerprint density at radius 2 is 1.83 bits per heavy atom. The summed E-state index contributed by atoms with van der Waals surface area (Å²) in [6.45, 7) is 2.52. The average Bonchev–Trinajstić information content (AvgIpc) is 3.05. The minimum absolute atomic E-state index is 0.188. The van der Waals surface area contributed by atoms with E-state index >= 15 is 0 Å². The zero-order valence-corrected chi connectivity index (χ0v) is 17.4. The van der Waals surface area contributed by atoms with Crippen molar-refractivity contribution in [3.8, 4) is 0 Å². The Hall–Kier alpha value is -2.91. The smallest absolute Gasteiger partial charge is 0.408 e. The molecule has 1 amide bonds. The first kappa shape index (κ1) is 20.4. The monoisotopic (exact) mass is 429 g/mol. The van der Waals surface area contributed by atoms with Crippen LogP contribution in [-0.2, 0) is 21.4 Å². The highest BCUT2D eigenvalue weighted by atomic mass is 32.2. The first-order valence-corrected chi connectivity index (χ1v) is 11.3. The number of aromatic nitrogens is 1. The molecule has 30 heavy (non-hydrogen) atoms. The van der Waals surface area contributed by atoms with Crippen LogP contribution in [0.2, 0.25) is 0 Å². The number of piperidine rings is 1. The Morgan fingerprint density at radius 1 is 1.10 bits per heavy atom. The molecule has 0 radical (unpaired) electrons. The van der Waals surface area contributed by atoms with Gasteiger partial charge in [0.25, 0.3) is 0 Å². The molecule has 2 heterocycles. The van der Waals surface area contributed by atoms with Crippen molar-refractivity contribution < 1.29 is 17.6 Å². The maximum absolute atomic E-state index is 13.0. The molecule has 1 aliphatic rings. The number of rotatable bonds is 5. The Morgan fingerprint density at radius 3 is 2.60 bits per heavy atom. The van der Waals surface area contributed by atoms with E-state index in [1.54, 1.807) is 43.3 Å². The van der Waals surface area contributed by atoms with Gasteiger partial charge in [0.1, 0.15) is 6.54 Å². The van der Waals surface area contributed by atoms with Crippen molar-refractivity contribution in [1.82, 2.24) is 8.87 Å². The minimum atomic E-state index is -3.62. The molecule has 4 rings (SSSR count). The summed E-state index contributed by atoms with van der Waals surface area (Å²) < 4.78 is 34.0. The number of nitrogens with zero attached hydrogens (tertiary/aromatic N) is 2. The third-order valence-electron chi connectivity index (χ3n) is 5.28. The van der Waals surface area contributed by atoms with Crippen molar-refractivity contribution >= 4 is 32.7 Å². The van der Waals surface area contributed by atoms with Crippen LogP contribution in [0.1, 0.15) is 24.8 Å². The van der Waals surface area contributed by atoms with Crippen LogP contribution in [0.25, 0.3) is 11.1 Å². The van der Waals surface area contributed by atoms with Gasteiger partial charge in [0.15, 0.2) is 5.58 Å². The van der Waals surface area contributed by atoms with E-state index < -0.39 is 21.7 Å². The normalized spacial score (nSPS) is 15.4. The van der Waals surface area contributed by atoms with Gasteiger partial charge in [0.05, 0.1) is 10.4 Å². The summed E-state index contributed by atoms with van der Waals surface area (Å²) >= 11 is 0. The number of aryl methyl sites for hydroxylation is 1. The molecule has 1 saturated heterocycles. The lowest BCUT2D eigenvalue weighted by Gasteiger charge is -2.26. The van der Waals surface area contributed by atoms with Crippen LogP contribution in [0, 0.1) is 6.92 Å². The molecule has 2 aromatic carbocycles. The number of benzene rings is 2. The molecule has 0 aliphatic carbocycles. The van der Waals surface area contributed by atoms with Crippen LogP contribution in [0.3, 0.4) is 0 Å². The van der Waals surface area contributed by atoms with Crippen LogP contribution in [0.15, 0.2) is 56.6 Å². The summed E-state index contributed by atoms with van der Waals surface area (Å²) in [5.74, 6) is -1.07. The summed E-state index contributed by atoms with van der Waals surface area (Å²) in [6, 6.07) is 11.7. The van der Waals surface area contributed by atoms with E-state index in [1.165, 1.54) is 14.9 Å². The van der Waals surface area contributed by atoms with Crippen molar-refractivity contribution in [3.63, 3.8) is 0 Å². The van der Waals surface area contributed by atoms with Crippen LogP contribution in [0.5, 0.6) is 0 Å². The summed E-state index contributed by atoms with van der Waals surface area (Å²) in [6.07, 6.45) is 2.73. The molecule has 0 unspecified atom stereocenters. The number of amides is 1. The number of anilines is 1. The predicted molar refractivity (Wildman–Crippen MR) is 113 cm³/mol. The molecule has 1 aliphatic heterocycles. The molecular weight excluding hydrogens is 406 g/mol. The Balaban J connectivity index is 1.56. The fourth-order valence-corrected chi connectivity index (χ4v) is 5.48. The van der Waals surface area contributed by atoms with E-state index in [1.807, 2.05) is 0 Å². The topological polar surface area (TPSA) is 102 Å². The van der Waals surface area contributed by atoms with E-state index in [2.05, 4.69) is 5.32 Å². The average molecular weight is 429 g/mol. The van der Waals surface area contributed by atoms with Gasteiger partial charge in [-0.25, -0.2) is 13.2 Å². The molecule has 1 aromatic heterocycles. The zero-order chi connectivity index (χ0) is 21.3. The van der Waals surface area contributed by atoms with Gasteiger partial charge in [-0.2, -0.15) is 4.31 Å². The maximum Gasteiger partial charge on any atom is 0.420 e. The second-order valence-corrected chi connectivity index (χ2v) is 9.32. The number of oxazole rings is 1. The van der Waals surface area contributed by atoms with Gasteiger partial charge in [-0.05, 0) is 49.6 Å². The first-order chi connectivity index (χ1) is 14.4. The molecule has 1 fully saturated rings. The van der Waals surface area contributed by atoms with Crippen LogP contribution in [0.4, 0.5) is 5.69 Å². The van der Waals surface area contributed by atoms with Crippen molar-refractivity contribution in [2.45, 2.75) is 37.6 Å². The highest BCUT2D eigenvalue weighted by Gasteiger charge is 2.27. The number of nitrogens with one attached hydrogen (secondary N) is 1. The summed E-state index contributed by atoms with van der Waals surface area (Å²) in [4.78, 5) is 24.8. The van der Waals surface area contributed by atoms with Crippen molar-refractivity contribution in [3.05, 3.63) is 58.6 Å². The lowest BCUT2D eigenvalue weighted by molar-refractivity contribution is -0.116. The maximum atomic E-state index is 13.0. The SMILES string of the molecule is Cc1ccc(NC(=O)Cn2c(=O)oc3ccccc32)cc1S(=O)(=O)N1CCCCC1. The summed E-state index contributed by atoms with van der Waals surface area (Å²) in [5, 5.41) is 2.69. The number of para-hydroxylation sites is 2. The third-order valence-corrected chi connectivity index (χ3v) is 7.32. The van der Waals surface area contributed by atoms with Crippen LogP contribution < -0.4 is 11.1 Å². The number of carbonyl (C=O) groups excluding carboxylic acids is 1. The molecule has 8 nitrogen and oxygen atoms in total.